The Morgan fingerprint density at radius 2 is 1.87 bits per heavy atom. The Labute approximate surface area is 133 Å². The molecule has 8 heteroatoms. The molecular formula is C15H18N8. The van der Waals surface area contributed by atoms with Crippen LogP contribution in [-0.2, 0) is 0 Å². The van der Waals surface area contributed by atoms with Gasteiger partial charge in [-0.1, -0.05) is 0 Å². The quantitative estimate of drug-likeness (QED) is 0.687. The van der Waals surface area contributed by atoms with Gasteiger partial charge >= 0.3 is 0 Å². The summed E-state index contributed by atoms with van der Waals surface area (Å²) in [6, 6.07) is 1.91. The zero-order chi connectivity index (χ0) is 15.8. The topological polar surface area (TPSA) is 75.3 Å². The fourth-order valence-electron chi connectivity index (χ4n) is 2.80. The monoisotopic (exact) mass is 310 g/mol. The molecule has 0 bridgehead atoms. The fourth-order valence-corrected chi connectivity index (χ4v) is 2.80. The minimum atomic E-state index is 0.597. The van der Waals surface area contributed by atoms with E-state index in [-0.39, 0.29) is 0 Å². The predicted molar refractivity (Wildman–Crippen MR) is 86.3 cm³/mol. The zero-order valence-electron chi connectivity index (χ0n) is 13.2. The summed E-state index contributed by atoms with van der Waals surface area (Å²) < 4.78 is 1.73. The van der Waals surface area contributed by atoms with Crippen LogP contribution in [0.4, 0.5) is 5.95 Å². The third kappa shape index (κ3) is 2.50. The van der Waals surface area contributed by atoms with E-state index in [1.165, 1.54) is 6.33 Å². The van der Waals surface area contributed by atoms with Gasteiger partial charge in [0, 0.05) is 44.1 Å². The van der Waals surface area contributed by atoms with Crippen molar-refractivity contribution >= 4 is 11.7 Å². The SMILES string of the molecule is Cc1c(-c2ccnc(N3CCN(C)CC3)n2)cnc2ncnn12. The summed E-state index contributed by atoms with van der Waals surface area (Å²) in [6.45, 7) is 5.94. The molecular weight excluding hydrogens is 292 g/mol. The maximum Gasteiger partial charge on any atom is 0.252 e. The van der Waals surface area contributed by atoms with Gasteiger partial charge in [-0.15, -0.1) is 0 Å². The molecule has 1 fully saturated rings. The smallest absolute Gasteiger partial charge is 0.252 e. The molecule has 0 unspecified atom stereocenters. The first-order chi connectivity index (χ1) is 11.2. The number of hydrogen-bond donors (Lipinski definition) is 0. The van der Waals surface area contributed by atoms with Gasteiger partial charge in [-0.25, -0.2) is 19.5 Å². The molecule has 0 amide bonds. The predicted octanol–water partition coefficient (Wildman–Crippen LogP) is 0.642. The molecule has 0 saturated carbocycles. The van der Waals surface area contributed by atoms with E-state index < -0.39 is 0 Å². The standard InChI is InChI=1S/C15H18N8/c1-11-12(9-17-14-18-10-19-23(11)14)13-3-4-16-15(20-13)22-7-5-21(2)6-8-22/h3-4,9-10H,5-8H2,1-2H3. The van der Waals surface area contributed by atoms with E-state index in [0.717, 1.165) is 49.1 Å². The lowest BCUT2D eigenvalue weighted by atomic mass is 10.2. The van der Waals surface area contributed by atoms with Gasteiger partial charge in [-0.3, -0.25) is 0 Å². The van der Waals surface area contributed by atoms with Gasteiger partial charge in [0.25, 0.3) is 5.78 Å². The first-order valence-electron chi connectivity index (χ1n) is 7.64. The average molecular weight is 310 g/mol. The van der Waals surface area contributed by atoms with Crippen LogP contribution >= 0.6 is 0 Å². The minimum Gasteiger partial charge on any atom is -0.338 e. The van der Waals surface area contributed by atoms with E-state index in [2.05, 4.69) is 36.9 Å². The summed E-state index contributed by atoms with van der Waals surface area (Å²) in [4.78, 5) is 22.2. The van der Waals surface area contributed by atoms with Crippen LogP contribution in [0.5, 0.6) is 0 Å². The van der Waals surface area contributed by atoms with Crippen LogP contribution < -0.4 is 4.90 Å². The lowest BCUT2D eigenvalue weighted by Crippen LogP contribution is -2.45. The van der Waals surface area contributed by atoms with Gasteiger partial charge in [0.05, 0.1) is 11.4 Å². The van der Waals surface area contributed by atoms with Crippen molar-refractivity contribution in [2.45, 2.75) is 6.92 Å². The Hall–Kier alpha value is -2.61. The number of aryl methyl sites for hydroxylation is 1. The van der Waals surface area contributed by atoms with E-state index in [9.17, 15) is 0 Å². The Balaban J connectivity index is 1.71. The van der Waals surface area contributed by atoms with Gasteiger partial charge in [-0.2, -0.15) is 10.1 Å². The van der Waals surface area contributed by atoms with Gasteiger partial charge in [0.2, 0.25) is 5.95 Å². The van der Waals surface area contributed by atoms with E-state index in [1.54, 1.807) is 16.9 Å². The van der Waals surface area contributed by atoms with Crippen molar-refractivity contribution in [2.24, 2.45) is 0 Å². The number of nitrogens with zero attached hydrogens (tertiary/aromatic N) is 8. The second-order valence-corrected chi connectivity index (χ2v) is 5.76. The Morgan fingerprint density at radius 1 is 1.04 bits per heavy atom. The van der Waals surface area contributed by atoms with Crippen LogP contribution in [0.1, 0.15) is 5.69 Å². The minimum absolute atomic E-state index is 0.597. The first-order valence-corrected chi connectivity index (χ1v) is 7.64. The number of piperazine rings is 1. The van der Waals surface area contributed by atoms with Crippen LogP contribution in [0.25, 0.3) is 17.0 Å². The van der Waals surface area contributed by atoms with E-state index >= 15 is 0 Å². The molecule has 0 spiro atoms. The number of fused-ring (bicyclic) bond motifs is 1. The van der Waals surface area contributed by atoms with E-state index in [0.29, 0.717) is 5.78 Å². The number of anilines is 1. The van der Waals surface area contributed by atoms with Crippen LogP contribution in [0, 0.1) is 6.92 Å². The van der Waals surface area contributed by atoms with Gasteiger partial charge in [0.1, 0.15) is 6.33 Å². The highest BCUT2D eigenvalue weighted by Crippen LogP contribution is 2.22. The van der Waals surface area contributed by atoms with Gasteiger partial charge in [0.15, 0.2) is 0 Å². The summed E-state index contributed by atoms with van der Waals surface area (Å²) in [6.07, 6.45) is 5.12. The fraction of sp³-hybridized carbons (Fsp3) is 0.400. The maximum absolute atomic E-state index is 4.74. The highest BCUT2D eigenvalue weighted by molar-refractivity contribution is 5.63. The molecule has 0 atom stereocenters. The molecule has 0 radical (unpaired) electrons. The molecule has 1 saturated heterocycles. The van der Waals surface area contributed by atoms with Crippen molar-refractivity contribution in [3.05, 3.63) is 30.5 Å². The first kappa shape index (κ1) is 14.0. The number of aromatic nitrogens is 6. The molecule has 3 aromatic heterocycles. The molecule has 1 aliphatic rings. The Morgan fingerprint density at radius 3 is 2.70 bits per heavy atom. The molecule has 4 rings (SSSR count). The van der Waals surface area contributed by atoms with Crippen molar-refractivity contribution in [3.63, 3.8) is 0 Å². The average Bonchev–Trinajstić information content (AvgIpc) is 3.06. The van der Waals surface area contributed by atoms with E-state index in [4.69, 9.17) is 4.98 Å². The molecule has 1 aliphatic heterocycles. The summed E-state index contributed by atoms with van der Waals surface area (Å²) in [5, 5.41) is 4.21. The van der Waals surface area contributed by atoms with Gasteiger partial charge < -0.3 is 9.80 Å². The Kier molecular flexibility index (Phi) is 3.38. The molecule has 118 valence electrons. The summed E-state index contributed by atoms with van der Waals surface area (Å²) in [7, 11) is 2.14. The summed E-state index contributed by atoms with van der Waals surface area (Å²) >= 11 is 0. The number of rotatable bonds is 2. The Bertz CT molecular complexity index is 834. The second-order valence-electron chi connectivity index (χ2n) is 5.76. The summed E-state index contributed by atoms with van der Waals surface area (Å²) in [5.41, 5.74) is 2.77. The largest absolute Gasteiger partial charge is 0.338 e. The van der Waals surface area contributed by atoms with Crippen LogP contribution in [0.2, 0.25) is 0 Å². The van der Waals surface area contributed by atoms with Gasteiger partial charge in [-0.05, 0) is 20.0 Å². The normalized spacial score (nSPS) is 16.2. The highest BCUT2D eigenvalue weighted by Gasteiger charge is 2.17. The lowest BCUT2D eigenvalue weighted by Gasteiger charge is -2.32. The van der Waals surface area contributed by atoms with Crippen LogP contribution in [-0.4, -0.2) is 67.7 Å². The van der Waals surface area contributed by atoms with Crippen molar-refractivity contribution < 1.29 is 0 Å². The number of likely N-dealkylation sites (N-methyl/N-ethyl adjacent to an activating group) is 1. The van der Waals surface area contributed by atoms with Crippen molar-refractivity contribution in [2.75, 3.05) is 38.1 Å². The van der Waals surface area contributed by atoms with E-state index in [1.807, 2.05) is 13.0 Å². The third-order valence-corrected chi connectivity index (χ3v) is 4.25. The lowest BCUT2D eigenvalue weighted by molar-refractivity contribution is 0.311. The molecule has 0 aromatic carbocycles. The maximum atomic E-state index is 4.74. The molecule has 8 nitrogen and oxygen atoms in total. The zero-order valence-corrected chi connectivity index (χ0v) is 13.2. The molecule has 0 N–H and O–H groups in total. The van der Waals surface area contributed by atoms with Crippen LogP contribution in [0.3, 0.4) is 0 Å². The van der Waals surface area contributed by atoms with Crippen molar-refractivity contribution in [1.82, 2.24) is 34.4 Å². The highest BCUT2D eigenvalue weighted by atomic mass is 15.3. The molecule has 23 heavy (non-hydrogen) atoms. The third-order valence-electron chi connectivity index (χ3n) is 4.25. The number of hydrogen-bond acceptors (Lipinski definition) is 7. The molecule has 0 aliphatic carbocycles. The van der Waals surface area contributed by atoms with Crippen molar-refractivity contribution in [1.29, 1.82) is 0 Å². The second kappa shape index (κ2) is 5.54. The summed E-state index contributed by atoms with van der Waals surface area (Å²) in [5.74, 6) is 1.37. The molecule has 4 heterocycles. The van der Waals surface area contributed by atoms with Crippen molar-refractivity contribution in [3.8, 4) is 11.3 Å². The van der Waals surface area contributed by atoms with Crippen LogP contribution in [0.15, 0.2) is 24.8 Å². The molecule has 3 aromatic rings.